The van der Waals surface area contributed by atoms with Crippen molar-refractivity contribution in [2.24, 2.45) is 17.8 Å². The molecule has 0 aromatic heterocycles. The SMILES string of the molecule is CCCCC(CC)CCN(CC(C)CCC(CC)CCC)c1cc(F)c(F)c(F)c1F. The summed E-state index contributed by atoms with van der Waals surface area (Å²) in [5.41, 5.74) is -0.158. The van der Waals surface area contributed by atoms with Gasteiger partial charge in [-0.25, -0.2) is 17.6 Å². The third kappa shape index (κ3) is 9.02. The monoisotopic (exact) mass is 445 g/mol. The van der Waals surface area contributed by atoms with Crippen molar-refractivity contribution >= 4 is 5.69 Å². The molecule has 0 aliphatic carbocycles. The Morgan fingerprint density at radius 1 is 0.742 bits per heavy atom. The maximum Gasteiger partial charge on any atom is 0.199 e. The molecule has 1 nitrogen and oxygen atoms in total. The minimum Gasteiger partial charge on any atom is -0.369 e. The fraction of sp³-hybridized carbons (Fsp3) is 0.769. The molecule has 0 aliphatic rings. The number of hydrogen-bond acceptors (Lipinski definition) is 1. The fourth-order valence-electron chi connectivity index (χ4n) is 4.43. The number of halogens is 4. The second kappa shape index (κ2) is 14.7. The van der Waals surface area contributed by atoms with E-state index in [1.165, 1.54) is 6.42 Å². The van der Waals surface area contributed by atoms with E-state index in [1.54, 1.807) is 4.90 Å². The summed E-state index contributed by atoms with van der Waals surface area (Å²) in [6.45, 7) is 11.8. The predicted octanol–water partition coefficient (Wildman–Crippen LogP) is 8.90. The summed E-state index contributed by atoms with van der Waals surface area (Å²) in [5, 5.41) is 0. The van der Waals surface area contributed by atoms with Gasteiger partial charge in [-0.3, -0.25) is 0 Å². The average Bonchev–Trinajstić information content (AvgIpc) is 2.76. The van der Waals surface area contributed by atoms with Crippen LogP contribution < -0.4 is 4.90 Å². The second-order valence-corrected chi connectivity index (χ2v) is 9.22. The number of rotatable bonds is 16. The maximum absolute atomic E-state index is 14.6. The van der Waals surface area contributed by atoms with Gasteiger partial charge in [0.2, 0.25) is 0 Å². The van der Waals surface area contributed by atoms with Gasteiger partial charge in [0.1, 0.15) is 0 Å². The van der Waals surface area contributed by atoms with E-state index in [1.807, 2.05) is 0 Å². The molecule has 31 heavy (non-hydrogen) atoms. The Hall–Kier alpha value is -1.26. The number of nitrogens with zero attached hydrogens (tertiary/aromatic N) is 1. The van der Waals surface area contributed by atoms with Gasteiger partial charge in [-0.05, 0) is 30.6 Å². The highest BCUT2D eigenvalue weighted by Gasteiger charge is 2.24. The third-order valence-electron chi connectivity index (χ3n) is 6.65. The molecule has 0 fully saturated rings. The standard InChI is InChI=1S/C26H43F4N/c1-6-10-12-21(9-4)15-16-31(18-19(5)13-14-20(8-3)11-7-2)23-17-22(27)24(28)26(30)25(23)29/h17,19-21H,6-16,18H2,1-5H3. The molecule has 0 radical (unpaired) electrons. The normalized spacial score (nSPS) is 14.5. The largest absolute Gasteiger partial charge is 0.369 e. The number of hydrogen-bond donors (Lipinski definition) is 0. The van der Waals surface area contributed by atoms with Crippen LogP contribution in [0.1, 0.15) is 98.8 Å². The van der Waals surface area contributed by atoms with Crippen LogP contribution in [0.2, 0.25) is 0 Å². The van der Waals surface area contributed by atoms with E-state index in [9.17, 15) is 17.6 Å². The molecule has 1 aromatic rings. The minimum absolute atomic E-state index is 0.158. The molecule has 3 atom stereocenters. The first-order chi connectivity index (χ1) is 14.8. The van der Waals surface area contributed by atoms with Gasteiger partial charge in [-0.2, -0.15) is 0 Å². The lowest BCUT2D eigenvalue weighted by Gasteiger charge is -2.30. The first-order valence-electron chi connectivity index (χ1n) is 12.4. The highest BCUT2D eigenvalue weighted by Crippen LogP contribution is 2.29. The zero-order valence-corrected chi connectivity index (χ0v) is 20.3. The first kappa shape index (κ1) is 27.8. The molecule has 0 bridgehead atoms. The van der Waals surface area contributed by atoms with E-state index < -0.39 is 23.3 Å². The van der Waals surface area contributed by atoms with Crippen molar-refractivity contribution in [1.29, 1.82) is 0 Å². The lowest BCUT2D eigenvalue weighted by Crippen LogP contribution is -2.32. The quantitative estimate of drug-likeness (QED) is 0.139. The molecule has 3 unspecified atom stereocenters. The van der Waals surface area contributed by atoms with Gasteiger partial charge in [0.25, 0.3) is 0 Å². The van der Waals surface area contributed by atoms with Crippen molar-refractivity contribution in [2.45, 2.75) is 98.8 Å². The summed E-state index contributed by atoms with van der Waals surface area (Å²) in [7, 11) is 0. The van der Waals surface area contributed by atoms with E-state index in [2.05, 4.69) is 34.6 Å². The van der Waals surface area contributed by atoms with Crippen molar-refractivity contribution < 1.29 is 17.6 Å². The summed E-state index contributed by atoms with van der Waals surface area (Å²) < 4.78 is 56.0. The lowest BCUT2D eigenvalue weighted by atomic mass is 9.91. The van der Waals surface area contributed by atoms with Crippen LogP contribution in [0.25, 0.3) is 0 Å². The highest BCUT2D eigenvalue weighted by atomic mass is 19.2. The smallest absolute Gasteiger partial charge is 0.199 e. The topological polar surface area (TPSA) is 3.24 Å². The Kier molecular flexibility index (Phi) is 13.2. The molecular weight excluding hydrogens is 402 g/mol. The van der Waals surface area contributed by atoms with E-state index in [4.69, 9.17) is 0 Å². The molecule has 0 saturated carbocycles. The molecule has 1 rings (SSSR count). The molecule has 0 saturated heterocycles. The van der Waals surface area contributed by atoms with Crippen molar-refractivity contribution in [2.75, 3.05) is 18.0 Å². The minimum atomic E-state index is -1.74. The van der Waals surface area contributed by atoms with Gasteiger partial charge in [0.05, 0.1) is 5.69 Å². The number of anilines is 1. The Labute approximate surface area is 187 Å². The molecular formula is C26H43F4N. The lowest BCUT2D eigenvalue weighted by molar-refractivity contribution is 0.368. The Morgan fingerprint density at radius 3 is 1.97 bits per heavy atom. The molecule has 5 heteroatoms. The van der Waals surface area contributed by atoms with Gasteiger partial charge in [0.15, 0.2) is 23.3 Å². The molecule has 1 aromatic carbocycles. The zero-order valence-electron chi connectivity index (χ0n) is 20.3. The Bertz CT molecular complexity index is 634. The van der Waals surface area contributed by atoms with Crippen LogP contribution >= 0.6 is 0 Å². The summed E-state index contributed by atoms with van der Waals surface area (Å²) in [4.78, 5) is 1.74. The molecule has 0 heterocycles. The Balaban J connectivity index is 2.98. The predicted molar refractivity (Wildman–Crippen MR) is 123 cm³/mol. The molecule has 0 amide bonds. The molecule has 0 aliphatic heterocycles. The van der Waals surface area contributed by atoms with Crippen molar-refractivity contribution in [3.63, 3.8) is 0 Å². The van der Waals surface area contributed by atoms with Crippen LogP contribution in [0.3, 0.4) is 0 Å². The van der Waals surface area contributed by atoms with Crippen LogP contribution in [-0.2, 0) is 0 Å². The maximum atomic E-state index is 14.6. The summed E-state index contributed by atoms with van der Waals surface area (Å²) in [6.07, 6.45) is 10.8. The summed E-state index contributed by atoms with van der Waals surface area (Å²) in [5.74, 6) is -4.67. The summed E-state index contributed by atoms with van der Waals surface area (Å²) >= 11 is 0. The second-order valence-electron chi connectivity index (χ2n) is 9.22. The summed E-state index contributed by atoms with van der Waals surface area (Å²) in [6, 6.07) is 0.819. The first-order valence-corrected chi connectivity index (χ1v) is 12.4. The van der Waals surface area contributed by atoms with Gasteiger partial charge >= 0.3 is 0 Å². The van der Waals surface area contributed by atoms with Gasteiger partial charge in [0, 0.05) is 19.2 Å². The zero-order chi connectivity index (χ0) is 23.4. The van der Waals surface area contributed by atoms with E-state index >= 15 is 0 Å². The van der Waals surface area contributed by atoms with E-state index in [0.717, 1.165) is 63.9 Å². The molecule has 0 N–H and O–H groups in total. The molecule has 0 spiro atoms. The Morgan fingerprint density at radius 2 is 1.39 bits per heavy atom. The van der Waals surface area contributed by atoms with Crippen LogP contribution in [0.5, 0.6) is 0 Å². The average molecular weight is 446 g/mol. The number of unbranched alkanes of at least 4 members (excludes halogenated alkanes) is 1. The van der Waals surface area contributed by atoms with E-state index in [0.29, 0.717) is 24.9 Å². The van der Waals surface area contributed by atoms with E-state index in [-0.39, 0.29) is 11.6 Å². The van der Waals surface area contributed by atoms with Crippen LogP contribution in [0, 0.1) is 41.0 Å². The van der Waals surface area contributed by atoms with Crippen molar-refractivity contribution in [3.8, 4) is 0 Å². The van der Waals surface area contributed by atoms with Crippen LogP contribution in [0.15, 0.2) is 6.07 Å². The number of benzene rings is 1. The van der Waals surface area contributed by atoms with Crippen LogP contribution in [0.4, 0.5) is 23.2 Å². The third-order valence-corrected chi connectivity index (χ3v) is 6.65. The van der Waals surface area contributed by atoms with Crippen molar-refractivity contribution in [1.82, 2.24) is 0 Å². The van der Waals surface area contributed by atoms with Crippen molar-refractivity contribution in [3.05, 3.63) is 29.3 Å². The highest BCUT2D eigenvalue weighted by molar-refractivity contribution is 5.49. The fourth-order valence-corrected chi connectivity index (χ4v) is 4.43. The van der Waals surface area contributed by atoms with Crippen LogP contribution in [-0.4, -0.2) is 13.1 Å². The van der Waals surface area contributed by atoms with Gasteiger partial charge in [-0.15, -0.1) is 0 Å². The van der Waals surface area contributed by atoms with Gasteiger partial charge in [-0.1, -0.05) is 86.0 Å². The van der Waals surface area contributed by atoms with Gasteiger partial charge < -0.3 is 4.90 Å². The molecule has 180 valence electrons.